The van der Waals surface area contributed by atoms with Crippen LogP contribution in [0.1, 0.15) is 43.4 Å². The molecular formula is C19H26N2O3. The van der Waals surface area contributed by atoms with E-state index in [0.29, 0.717) is 0 Å². The van der Waals surface area contributed by atoms with Gasteiger partial charge in [-0.15, -0.1) is 0 Å². The van der Waals surface area contributed by atoms with Crippen molar-refractivity contribution in [3.63, 3.8) is 0 Å². The largest absolute Gasteiger partial charge is 0.356 e. The number of hydrogen-bond donors (Lipinski definition) is 0. The molecule has 2 aliphatic rings. The number of nitrogens with zero attached hydrogens (tertiary/aromatic N) is 2. The molecule has 0 unspecified atom stereocenters. The molecule has 2 saturated heterocycles. The summed E-state index contributed by atoms with van der Waals surface area (Å²) in [6, 6.07) is 7.85. The molecule has 0 bridgehead atoms. The van der Waals surface area contributed by atoms with Gasteiger partial charge in [-0.25, -0.2) is 0 Å². The van der Waals surface area contributed by atoms with E-state index in [1.165, 1.54) is 0 Å². The lowest BCUT2D eigenvalue weighted by molar-refractivity contribution is -0.169. The molecule has 2 fully saturated rings. The summed E-state index contributed by atoms with van der Waals surface area (Å²) < 4.78 is 5.74. The zero-order valence-electron chi connectivity index (χ0n) is 14.7. The van der Waals surface area contributed by atoms with E-state index < -0.39 is 6.10 Å². The Kier molecular flexibility index (Phi) is 4.90. The molecule has 24 heavy (non-hydrogen) atoms. The Bertz CT molecular complexity index is 614. The van der Waals surface area contributed by atoms with Gasteiger partial charge < -0.3 is 14.5 Å². The molecule has 5 heteroatoms. The first-order chi connectivity index (χ1) is 11.5. The Hall–Kier alpha value is -1.88. The lowest BCUT2D eigenvalue weighted by Gasteiger charge is -2.42. The van der Waals surface area contributed by atoms with Gasteiger partial charge in [-0.3, -0.25) is 9.59 Å². The Labute approximate surface area is 143 Å². The van der Waals surface area contributed by atoms with Crippen molar-refractivity contribution in [2.75, 3.05) is 20.2 Å². The topological polar surface area (TPSA) is 49.9 Å². The third-order valence-electron chi connectivity index (χ3n) is 5.23. The van der Waals surface area contributed by atoms with Crippen LogP contribution in [0.5, 0.6) is 0 Å². The van der Waals surface area contributed by atoms with Crippen molar-refractivity contribution < 1.29 is 14.3 Å². The molecule has 0 aliphatic carbocycles. The van der Waals surface area contributed by atoms with Gasteiger partial charge in [0, 0.05) is 19.6 Å². The number of hydrogen-bond acceptors (Lipinski definition) is 3. The van der Waals surface area contributed by atoms with E-state index in [1.54, 1.807) is 11.9 Å². The highest BCUT2D eigenvalue weighted by Crippen LogP contribution is 2.31. The van der Waals surface area contributed by atoms with Crippen LogP contribution in [-0.2, 0) is 14.3 Å². The second kappa shape index (κ2) is 6.93. The molecule has 3 rings (SSSR count). The Morgan fingerprint density at radius 1 is 1.21 bits per heavy atom. The molecule has 130 valence electrons. The maximum Gasteiger partial charge on any atom is 0.254 e. The van der Waals surface area contributed by atoms with Crippen molar-refractivity contribution in [2.45, 2.75) is 51.3 Å². The highest BCUT2D eigenvalue weighted by molar-refractivity contribution is 5.86. The highest BCUT2D eigenvalue weighted by Gasteiger charge is 2.42. The summed E-state index contributed by atoms with van der Waals surface area (Å²) >= 11 is 0. The standard InChI is InChI=1S/C19H26N2O3/c1-13-7-9-15(10-8-13)17-18(24-12-16(22)20(17)3)19(23)21-11-5-4-6-14(21)2/h7-10,14,17-18H,4-6,11-12H2,1-3H3/t14-,17-,18-/m1/s1. The second-order valence-electron chi connectivity index (χ2n) is 6.97. The fraction of sp³-hybridized carbons (Fsp3) is 0.579. The van der Waals surface area contributed by atoms with Crippen LogP contribution in [0.25, 0.3) is 0 Å². The van der Waals surface area contributed by atoms with Gasteiger partial charge in [0.25, 0.3) is 5.91 Å². The summed E-state index contributed by atoms with van der Waals surface area (Å²) in [5.74, 6) is -0.0801. The molecular weight excluding hydrogens is 304 g/mol. The first-order valence-corrected chi connectivity index (χ1v) is 8.73. The Balaban J connectivity index is 1.89. The van der Waals surface area contributed by atoms with E-state index in [9.17, 15) is 9.59 Å². The number of amides is 2. The molecule has 1 aromatic rings. The van der Waals surface area contributed by atoms with E-state index in [1.807, 2.05) is 36.1 Å². The summed E-state index contributed by atoms with van der Waals surface area (Å²) in [6.45, 7) is 4.86. The lowest BCUT2D eigenvalue weighted by atomic mass is 9.94. The minimum atomic E-state index is -0.629. The van der Waals surface area contributed by atoms with Crippen LogP contribution in [0.4, 0.5) is 0 Å². The van der Waals surface area contributed by atoms with Gasteiger partial charge in [0.05, 0.1) is 6.04 Å². The van der Waals surface area contributed by atoms with Crippen molar-refractivity contribution in [2.24, 2.45) is 0 Å². The fourth-order valence-electron chi connectivity index (χ4n) is 3.67. The van der Waals surface area contributed by atoms with Crippen LogP contribution in [0.3, 0.4) is 0 Å². The van der Waals surface area contributed by atoms with Crippen LogP contribution in [0, 0.1) is 6.92 Å². The normalized spacial score (nSPS) is 28.1. The molecule has 0 aromatic heterocycles. The summed E-state index contributed by atoms with van der Waals surface area (Å²) in [5, 5.41) is 0. The predicted molar refractivity (Wildman–Crippen MR) is 91.5 cm³/mol. The van der Waals surface area contributed by atoms with Gasteiger partial charge >= 0.3 is 0 Å². The van der Waals surface area contributed by atoms with E-state index in [0.717, 1.165) is 36.9 Å². The first-order valence-electron chi connectivity index (χ1n) is 8.73. The van der Waals surface area contributed by atoms with Crippen LogP contribution < -0.4 is 0 Å². The minimum absolute atomic E-state index is 0.00660. The van der Waals surface area contributed by atoms with Crippen molar-refractivity contribution >= 4 is 11.8 Å². The van der Waals surface area contributed by atoms with Gasteiger partial charge in [0.1, 0.15) is 6.61 Å². The molecule has 0 radical (unpaired) electrons. The van der Waals surface area contributed by atoms with Gasteiger partial charge in [-0.05, 0) is 38.7 Å². The Morgan fingerprint density at radius 2 is 1.92 bits per heavy atom. The predicted octanol–water partition coefficient (Wildman–Crippen LogP) is 2.29. The van der Waals surface area contributed by atoms with E-state index >= 15 is 0 Å². The number of aryl methyl sites for hydroxylation is 1. The number of morpholine rings is 1. The number of carbonyl (C=O) groups excluding carboxylic acids is 2. The third-order valence-corrected chi connectivity index (χ3v) is 5.23. The van der Waals surface area contributed by atoms with Crippen molar-refractivity contribution in [3.05, 3.63) is 35.4 Å². The molecule has 2 amide bonds. The fourth-order valence-corrected chi connectivity index (χ4v) is 3.67. The van der Waals surface area contributed by atoms with Crippen molar-refractivity contribution in [1.29, 1.82) is 0 Å². The summed E-state index contributed by atoms with van der Waals surface area (Å²) in [5.41, 5.74) is 2.09. The van der Waals surface area contributed by atoms with Crippen LogP contribution in [0.15, 0.2) is 24.3 Å². The zero-order chi connectivity index (χ0) is 17.3. The summed E-state index contributed by atoms with van der Waals surface area (Å²) in [7, 11) is 1.76. The Morgan fingerprint density at radius 3 is 2.58 bits per heavy atom. The number of ether oxygens (including phenoxy) is 1. The summed E-state index contributed by atoms with van der Waals surface area (Å²) in [4.78, 5) is 28.8. The average Bonchev–Trinajstić information content (AvgIpc) is 2.58. The highest BCUT2D eigenvalue weighted by atomic mass is 16.5. The van der Waals surface area contributed by atoms with Gasteiger partial charge in [-0.1, -0.05) is 29.8 Å². The van der Waals surface area contributed by atoms with Crippen LogP contribution in [0.2, 0.25) is 0 Å². The van der Waals surface area contributed by atoms with E-state index in [4.69, 9.17) is 4.74 Å². The van der Waals surface area contributed by atoms with Gasteiger partial charge in [0.2, 0.25) is 5.91 Å². The first kappa shape index (κ1) is 17.0. The number of piperidine rings is 1. The van der Waals surface area contributed by atoms with E-state index in [-0.39, 0.29) is 30.5 Å². The second-order valence-corrected chi connectivity index (χ2v) is 6.97. The molecule has 1 aromatic carbocycles. The number of rotatable bonds is 2. The number of carbonyl (C=O) groups is 2. The third kappa shape index (κ3) is 3.18. The number of likely N-dealkylation sites (tertiary alicyclic amines) is 1. The van der Waals surface area contributed by atoms with Gasteiger partial charge in [0.15, 0.2) is 6.10 Å². The lowest BCUT2D eigenvalue weighted by Crippen LogP contribution is -2.56. The minimum Gasteiger partial charge on any atom is -0.356 e. The summed E-state index contributed by atoms with van der Waals surface area (Å²) in [6.07, 6.45) is 2.60. The zero-order valence-corrected chi connectivity index (χ0v) is 14.7. The molecule has 0 N–H and O–H groups in total. The quantitative estimate of drug-likeness (QED) is 0.836. The number of benzene rings is 1. The molecule has 0 saturated carbocycles. The van der Waals surface area contributed by atoms with Gasteiger partial charge in [-0.2, -0.15) is 0 Å². The monoisotopic (exact) mass is 330 g/mol. The molecule has 2 heterocycles. The maximum absolute atomic E-state index is 13.1. The molecule has 5 nitrogen and oxygen atoms in total. The van der Waals surface area contributed by atoms with Crippen molar-refractivity contribution in [3.8, 4) is 0 Å². The van der Waals surface area contributed by atoms with Crippen molar-refractivity contribution in [1.82, 2.24) is 9.80 Å². The average molecular weight is 330 g/mol. The van der Waals surface area contributed by atoms with Crippen LogP contribution in [-0.4, -0.2) is 54.0 Å². The SMILES string of the molecule is Cc1ccc([C@@H]2[C@H](C(=O)N3CCCC[C@H]3C)OCC(=O)N2C)cc1. The molecule has 3 atom stereocenters. The molecule has 2 aliphatic heterocycles. The van der Waals surface area contributed by atoms with Crippen LogP contribution >= 0.6 is 0 Å². The maximum atomic E-state index is 13.1. The molecule has 0 spiro atoms. The van der Waals surface area contributed by atoms with E-state index in [2.05, 4.69) is 6.92 Å². The number of likely N-dealkylation sites (N-methyl/N-ethyl adjacent to an activating group) is 1. The smallest absolute Gasteiger partial charge is 0.254 e.